The van der Waals surface area contributed by atoms with Crippen LogP contribution in [0.4, 0.5) is 0 Å². The first-order chi connectivity index (χ1) is 13.6. The molecule has 0 radical (unpaired) electrons. The summed E-state index contributed by atoms with van der Waals surface area (Å²) in [5.74, 6) is 1.21. The molecule has 0 aliphatic rings. The lowest BCUT2D eigenvalue weighted by Crippen LogP contribution is -2.31. The van der Waals surface area contributed by atoms with Crippen LogP contribution >= 0.6 is 48.0 Å². The van der Waals surface area contributed by atoms with Crippen LogP contribution in [0.5, 0.6) is 11.5 Å². The predicted molar refractivity (Wildman–Crippen MR) is 132 cm³/mol. The SMILES string of the molecule is CCOc1cc(CNCCN(CC)CC)cc(Cl)c1OCc1ccccc1Cl.Cl.Cl. The fraction of sp³-hybridized carbons (Fsp3) is 0.455. The summed E-state index contributed by atoms with van der Waals surface area (Å²) in [5, 5.41) is 4.68. The maximum atomic E-state index is 6.51. The van der Waals surface area contributed by atoms with Crippen molar-refractivity contribution in [3.8, 4) is 11.5 Å². The monoisotopic (exact) mass is 496 g/mol. The van der Waals surface area contributed by atoms with Crippen LogP contribution < -0.4 is 14.8 Å². The maximum Gasteiger partial charge on any atom is 0.180 e. The van der Waals surface area contributed by atoms with E-state index in [4.69, 9.17) is 32.7 Å². The minimum Gasteiger partial charge on any atom is -0.490 e. The highest BCUT2D eigenvalue weighted by Crippen LogP contribution is 2.37. The van der Waals surface area contributed by atoms with Crippen LogP contribution in [-0.4, -0.2) is 37.7 Å². The van der Waals surface area contributed by atoms with E-state index in [1.54, 1.807) is 0 Å². The van der Waals surface area contributed by atoms with Gasteiger partial charge in [0.25, 0.3) is 0 Å². The smallest absolute Gasteiger partial charge is 0.180 e. The number of nitrogens with zero attached hydrogens (tertiary/aromatic N) is 1. The zero-order chi connectivity index (χ0) is 20.4. The fourth-order valence-electron chi connectivity index (χ4n) is 2.90. The Morgan fingerprint density at radius 2 is 1.63 bits per heavy atom. The average Bonchev–Trinajstić information content (AvgIpc) is 2.69. The Morgan fingerprint density at radius 3 is 2.27 bits per heavy atom. The first-order valence-corrected chi connectivity index (χ1v) is 10.6. The number of nitrogens with one attached hydrogen (secondary N) is 1. The Balaban J connectivity index is 0.00000420. The number of ether oxygens (including phenoxy) is 2. The van der Waals surface area contributed by atoms with Gasteiger partial charge in [0.2, 0.25) is 0 Å². The second kappa shape index (κ2) is 15.9. The van der Waals surface area contributed by atoms with Crippen LogP contribution in [0.2, 0.25) is 10.0 Å². The first-order valence-electron chi connectivity index (χ1n) is 9.83. The summed E-state index contributed by atoms with van der Waals surface area (Å²) in [5.41, 5.74) is 1.97. The molecule has 0 fully saturated rings. The molecule has 0 unspecified atom stereocenters. The van der Waals surface area contributed by atoms with Gasteiger partial charge in [-0.2, -0.15) is 0 Å². The first kappa shape index (κ1) is 29.1. The van der Waals surface area contributed by atoms with E-state index >= 15 is 0 Å². The zero-order valence-corrected chi connectivity index (χ0v) is 20.9. The molecule has 4 nitrogen and oxygen atoms in total. The van der Waals surface area contributed by atoms with E-state index in [0.717, 1.165) is 43.9 Å². The topological polar surface area (TPSA) is 33.7 Å². The van der Waals surface area contributed by atoms with Crippen molar-refractivity contribution in [2.75, 3.05) is 32.8 Å². The summed E-state index contributed by atoms with van der Waals surface area (Å²) < 4.78 is 11.7. The minimum atomic E-state index is 0. The van der Waals surface area contributed by atoms with Crippen molar-refractivity contribution in [1.29, 1.82) is 0 Å². The molecule has 0 saturated heterocycles. The maximum absolute atomic E-state index is 6.51. The van der Waals surface area contributed by atoms with Crippen molar-refractivity contribution < 1.29 is 9.47 Å². The number of halogens is 4. The van der Waals surface area contributed by atoms with Crippen LogP contribution in [-0.2, 0) is 13.2 Å². The molecule has 0 amide bonds. The Morgan fingerprint density at radius 1 is 0.933 bits per heavy atom. The third-order valence-electron chi connectivity index (χ3n) is 4.53. The van der Waals surface area contributed by atoms with Gasteiger partial charge < -0.3 is 19.7 Å². The average molecular weight is 498 g/mol. The quantitative estimate of drug-likeness (QED) is 0.351. The van der Waals surface area contributed by atoms with Crippen LogP contribution in [0.25, 0.3) is 0 Å². The molecular weight excluding hydrogens is 466 g/mol. The second-order valence-corrected chi connectivity index (χ2v) is 7.24. The van der Waals surface area contributed by atoms with Crippen LogP contribution in [0.3, 0.4) is 0 Å². The van der Waals surface area contributed by atoms with E-state index in [9.17, 15) is 0 Å². The highest BCUT2D eigenvalue weighted by molar-refractivity contribution is 6.32. The van der Waals surface area contributed by atoms with Crippen molar-refractivity contribution >= 4 is 48.0 Å². The van der Waals surface area contributed by atoms with Gasteiger partial charge in [-0.25, -0.2) is 0 Å². The van der Waals surface area contributed by atoms with Crippen LogP contribution in [0, 0.1) is 0 Å². The van der Waals surface area contributed by atoms with Crippen molar-refractivity contribution in [3.05, 3.63) is 57.6 Å². The lowest BCUT2D eigenvalue weighted by molar-refractivity contribution is 0.269. The van der Waals surface area contributed by atoms with E-state index in [1.165, 1.54) is 0 Å². The normalized spacial score (nSPS) is 10.3. The lowest BCUT2D eigenvalue weighted by atomic mass is 10.2. The van der Waals surface area contributed by atoms with Gasteiger partial charge in [-0.1, -0.05) is 55.2 Å². The molecule has 8 heteroatoms. The molecule has 2 aromatic rings. The van der Waals surface area contributed by atoms with Gasteiger partial charge in [-0.15, -0.1) is 24.8 Å². The number of likely N-dealkylation sites (N-methyl/N-ethyl adjacent to an activating group) is 1. The van der Waals surface area contributed by atoms with E-state index in [-0.39, 0.29) is 24.8 Å². The minimum absolute atomic E-state index is 0. The van der Waals surface area contributed by atoms with Crippen molar-refractivity contribution in [2.45, 2.75) is 33.9 Å². The largest absolute Gasteiger partial charge is 0.490 e. The molecule has 2 aromatic carbocycles. The molecule has 170 valence electrons. The van der Waals surface area contributed by atoms with Crippen molar-refractivity contribution in [1.82, 2.24) is 10.2 Å². The van der Waals surface area contributed by atoms with Crippen LogP contribution in [0.15, 0.2) is 36.4 Å². The molecule has 1 N–H and O–H groups in total. The number of benzene rings is 2. The highest BCUT2D eigenvalue weighted by Gasteiger charge is 2.14. The zero-order valence-electron chi connectivity index (χ0n) is 17.7. The second-order valence-electron chi connectivity index (χ2n) is 6.42. The number of hydrogen-bond acceptors (Lipinski definition) is 4. The summed E-state index contributed by atoms with van der Waals surface area (Å²) in [6.45, 7) is 12.0. The van der Waals surface area contributed by atoms with E-state index in [2.05, 4.69) is 24.1 Å². The summed E-state index contributed by atoms with van der Waals surface area (Å²) in [4.78, 5) is 2.39. The molecular formula is C22H32Cl4N2O2. The van der Waals surface area contributed by atoms with Gasteiger partial charge in [0.05, 0.1) is 11.6 Å². The number of rotatable bonds is 12. The Hall–Kier alpha value is -0.880. The Bertz CT molecular complexity index is 743. The number of hydrogen-bond donors (Lipinski definition) is 1. The molecule has 0 saturated carbocycles. The van der Waals surface area contributed by atoms with E-state index in [0.29, 0.717) is 34.8 Å². The molecule has 0 heterocycles. The van der Waals surface area contributed by atoms with Crippen LogP contribution in [0.1, 0.15) is 31.9 Å². The highest BCUT2D eigenvalue weighted by atomic mass is 35.5. The summed E-state index contributed by atoms with van der Waals surface area (Å²) in [6, 6.07) is 11.5. The van der Waals surface area contributed by atoms with Crippen molar-refractivity contribution in [2.24, 2.45) is 0 Å². The Labute approximate surface area is 203 Å². The molecule has 2 rings (SSSR count). The summed E-state index contributed by atoms with van der Waals surface area (Å²) >= 11 is 12.7. The van der Waals surface area contributed by atoms with E-state index < -0.39 is 0 Å². The standard InChI is InChI=1S/C22H30Cl2N2O2.2ClH/c1-4-26(5-2)12-11-25-15-17-13-20(24)22(21(14-17)27-6-3)28-16-18-9-7-8-10-19(18)23;;/h7-10,13-14,25H,4-6,11-12,15-16H2,1-3H3;2*1H. The third kappa shape index (κ3) is 9.09. The van der Waals surface area contributed by atoms with Gasteiger partial charge in [-0.3, -0.25) is 0 Å². The molecule has 0 aliphatic heterocycles. The van der Waals surface area contributed by atoms with Gasteiger partial charge in [0, 0.05) is 30.2 Å². The molecule has 30 heavy (non-hydrogen) atoms. The Kier molecular flexibility index (Phi) is 15.4. The predicted octanol–water partition coefficient (Wildman–Crippen LogP) is 6.25. The van der Waals surface area contributed by atoms with E-state index in [1.807, 2.05) is 43.3 Å². The molecule has 0 spiro atoms. The lowest BCUT2D eigenvalue weighted by Gasteiger charge is -2.18. The molecule has 0 aromatic heterocycles. The molecule has 0 atom stereocenters. The molecule has 0 bridgehead atoms. The summed E-state index contributed by atoms with van der Waals surface area (Å²) in [7, 11) is 0. The van der Waals surface area contributed by atoms with Gasteiger partial charge >= 0.3 is 0 Å². The van der Waals surface area contributed by atoms with Gasteiger partial charge in [-0.05, 0) is 43.8 Å². The van der Waals surface area contributed by atoms with Gasteiger partial charge in [0.1, 0.15) is 6.61 Å². The molecule has 0 aliphatic carbocycles. The van der Waals surface area contributed by atoms with Crippen molar-refractivity contribution in [3.63, 3.8) is 0 Å². The third-order valence-corrected chi connectivity index (χ3v) is 5.18. The van der Waals surface area contributed by atoms with Gasteiger partial charge in [0.15, 0.2) is 11.5 Å². The fourth-order valence-corrected chi connectivity index (χ4v) is 3.38. The summed E-state index contributed by atoms with van der Waals surface area (Å²) in [6.07, 6.45) is 0.